The average molecular weight is 229 g/mol. The van der Waals surface area contributed by atoms with Crippen LogP contribution in [0.5, 0.6) is 0 Å². The van der Waals surface area contributed by atoms with Gasteiger partial charge in [0, 0.05) is 11.6 Å². The summed E-state index contributed by atoms with van der Waals surface area (Å²) in [7, 11) is 0. The highest BCUT2D eigenvalue weighted by Gasteiger charge is 2.11. The van der Waals surface area contributed by atoms with Gasteiger partial charge < -0.3 is 0 Å². The van der Waals surface area contributed by atoms with Crippen molar-refractivity contribution in [3.63, 3.8) is 0 Å². The molecule has 0 radical (unpaired) electrons. The van der Waals surface area contributed by atoms with Gasteiger partial charge in [-0.15, -0.1) is 11.3 Å². The molecule has 0 saturated carbocycles. The summed E-state index contributed by atoms with van der Waals surface area (Å²) in [4.78, 5) is 5.51. The quantitative estimate of drug-likeness (QED) is 0.676. The van der Waals surface area contributed by atoms with Crippen molar-refractivity contribution >= 4 is 21.6 Å². The summed E-state index contributed by atoms with van der Waals surface area (Å²) in [6, 6.07) is 8.01. The Hall–Kier alpha value is -1.68. The van der Waals surface area contributed by atoms with Crippen molar-refractivity contribution in [3.05, 3.63) is 41.5 Å². The number of nitrogens with zero attached hydrogens (tertiary/aromatic N) is 3. The normalized spacial score (nSPS) is 11.1. The minimum Gasteiger partial charge on any atom is -0.237 e. The van der Waals surface area contributed by atoms with E-state index in [1.54, 1.807) is 17.5 Å². The lowest BCUT2D eigenvalue weighted by molar-refractivity contribution is 0.841. The molecule has 3 heterocycles. The lowest BCUT2D eigenvalue weighted by Gasteiger charge is -1.99. The van der Waals surface area contributed by atoms with Gasteiger partial charge in [0.1, 0.15) is 4.83 Å². The van der Waals surface area contributed by atoms with Crippen LogP contribution in [-0.2, 0) is 6.42 Å². The lowest BCUT2D eigenvalue weighted by Crippen LogP contribution is -1.98. The monoisotopic (exact) mass is 229 g/mol. The second kappa shape index (κ2) is 3.72. The molecule has 3 aromatic rings. The van der Waals surface area contributed by atoms with Crippen LogP contribution >= 0.6 is 11.3 Å². The summed E-state index contributed by atoms with van der Waals surface area (Å²) in [6.07, 6.45) is 2.75. The first-order valence-electron chi connectivity index (χ1n) is 5.26. The van der Waals surface area contributed by atoms with Crippen molar-refractivity contribution < 1.29 is 0 Å². The van der Waals surface area contributed by atoms with Gasteiger partial charge in [-0.05, 0) is 30.0 Å². The SMILES string of the molecule is CCc1nn(-c2ccccn2)c2sccc12. The molecule has 0 fully saturated rings. The molecular weight excluding hydrogens is 218 g/mol. The average Bonchev–Trinajstić information content (AvgIpc) is 2.91. The van der Waals surface area contributed by atoms with E-state index in [-0.39, 0.29) is 0 Å². The summed E-state index contributed by atoms with van der Waals surface area (Å²) in [5.41, 5.74) is 1.14. The van der Waals surface area contributed by atoms with Gasteiger partial charge in [0.05, 0.1) is 5.69 Å². The van der Waals surface area contributed by atoms with E-state index in [9.17, 15) is 0 Å². The Labute approximate surface area is 97.4 Å². The van der Waals surface area contributed by atoms with Crippen LogP contribution in [0.25, 0.3) is 16.0 Å². The number of hydrogen-bond acceptors (Lipinski definition) is 3. The van der Waals surface area contributed by atoms with Crippen LogP contribution in [0.4, 0.5) is 0 Å². The fourth-order valence-corrected chi connectivity index (χ4v) is 2.68. The number of hydrogen-bond donors (Lipinski definition) is 0. The van der Waals surface area contributed by atoms with E-state index >= 15 is 0 Å². The molecule has 0 bridgehead atoms. The topological polar surface area (TPSA) is 30.7 Å². The molecule has 0 amide bonds. The van der Waals surface area contributed by atoms with Gasteiger partial charge >= 0.3 is 0 Å². The maximum atomic E-state index is 4.60. The van der Waals surface area contributed by atoms with Gasteiger partial charge in [-0.2, -0.15) is 5.10 Å². The molecule has 0 aliphatic rings. The van der Waals surface area contributed by atoms with Gasteiger partial charge in [0.15, 0.2) is 5.82 Å². The smallest absolute Gasteiger partial charge is 0.154 e. The zero-order valence-electron chi connectivity index (χ0n) is 8.92. The molecule has 0 spiro atoms. The van der Waals surface area contributed by atoms with Crippen LogP contribution in [0.1, 0.15) is 12.6 Å². The van der Waals surface area contributed by atoms with Gasteiger partial charge in [0.25, 0.3) is 0 Å². The van der Waals surface area contributed by atoms with Gasteiger partial charge in [-0.3, -0.25) is 0 Å². The molecule has 0 aliphatic carbocycles. The summed E-state index contributed by atoms with van der Waals surface area (Å²) < 4.78 is 1.93. The third-order valence-corrected chi connectivity index (χ3v) is 3.46. The van der Waals surface area contributed by atoms with Crippen LogP contribution in [0.15, 0.2) is 35.8 Å². The standard InChI is InChI=1S/C12H11N3S/c1-2-10-9-6-8-16-12(9)15(14-10)11-5-3-4-7-13-11/h3-8H,2H2,1H3. The van der Waals surface area contributed by atoms with E-state index in [1.165, 1.54) is 10.2 Å². The van der Waals surface area contributed by atoms with Crippen molar-refractivity contribution in [3.8, 4) is 5.82 Å². The Morgan fingerprint density at radius 2 is 2.25 bits per heavy atom. The Morgan fingerprint density at radius 3 is 3.00 bits per heavy atom. The number of aryl methyl sites for hydroxylation is 1. The zero-order chi connectivity index (χ0) is 11.0. The summed E-state index contributed by atoms with van der Waals surface area (Å²) in [5.74, 6) is 0.884. The molecule has 16 heavy (non-hydrogen) atoms. The third-order valence-electron chi connectivity index (χ3n) is 2.57. The molecule has 3 nitrogen and oxygen atoms in total. The van der Waals surface area contributed by atoms with E-state index in [2.05, 4.69) is 28.5 Å². The van der Waals surface area contributed by atoms with Gasteiger partial charge in [-0.25, -0.2) is 9.67 Å². The largest absolute Gasteiger partial charge is 0.237 e. The molecule has 0 aromatic carbocycles. The summed E-state index contributed by atoms with van der Waals surface area (Å²) in [5, 5.41) is 7.95. The Bertz CT molecular complexity index is 610. The number of thiophene rings is 1. The van der Waals surface area contributed by atoms with E-state index in [0.717, 1.165) is 17.9 Å². The van der Waals surface area contributed by atoms with E-state index < -0.39 is 0 Å². The maximum absolute atomic E-state index is 4.60. The second-order valence-electron chi connectivity index (χ2n) is 3.54. The molecule has 4 heteroatoms. The number of aromatic nitrogens is 3. The molecule has 0 saturated heterocycles. The van der Waals surface area contributed by atoms with E-state index in [4.69, 9.17) is 0 Å². The number of rotatable bonds is 2. The van der Waals surface area contributed by atoms with Crippen molar-refractivity contribution in [2.45, 2.75) is 13.3 Å². The minimum absolute atomic E-state index is 0.884. The highest BCUT2D eigenvalue weighted by molar-refractivity contribution is 7.16. The fraction of sp³-hybridized carbons (Fsp3) is 0.167. The van der Waals surface area contributed by atoms with Crippen molar-refractivity contribution in [1.29, 1.82) is 0 Å². The first kappa shape index (κ1) is 9.54. The van der Waals surface area contributed by atoms with Gasteiger partial charge in [0.2, 0.25) is 0 Å². The number of pyridine rings is 1. The third kappa shape index (κ3) is 1.34. The van der Waals surface area contributed by atoms with Crippen LogP contribution < -0.4 is 0 Å². The molecule has 0 N–H and O–H groups in total. The highest BCUT2D eigenvalue weighted by Crippen LogP contribution is 2.26. The van der Waals surface area contributed by atoms with Gasteiger partial charge in [-0.1, -0.05) is 13.0 Å². The molecule has 0 unspecified atom stereocenters. The van der Waals surface area contributed by atoms with E-state index in [1.807, 2.05) is 22.9 Å². The second-order valence-corrected chi connectivity index (χ2v) is 4.43. The van der Waals surface area contributed by atoms with Crippen molar-refractivity contribution in [2.24, 2.45) is 0 Å². The summed E-state index contributed by atoms with van der Waals surface area (Å²) in [6.45, 7) is 2.13. The zero-order valence-corrected chi connectivity index (χ0v) is 9.74. The molecule has 0 aliphatic heterocycles. The fourth-order valence-electron chi connectivity index (χ4n) is 1.80. The Morgan fingerprint density at radius 1 is 1.31 bits per heavy atom. The first-order valence-corrected chi connectivity index (χ1v) is 6.14. The maximum Gasteiger partial charge on any atom is 0.154 e. The Balaban J connectivity index is 2.28. The van der Waals surface area contributed by atoms with Crippen molar-refractivity contribution in [2.75, 3.05) is 0 Å². The molecule has 3 aromatic heterocycles. The van der Waals surface area contributed by atoms with Crippen LogP contribution in [0.2, 0.25) is 0 Å². The van der Waals surface area contributed by atoms with Crippen LogP contribution in [0.3, 0.4) is 0 Å². The number of fused-ring (bicyclic) bond motifs is 1. The predicted octanol–water partition coefficient (Wildman–Crippen LogP) is 3.04. The Kier molecular flexibility index (Phi) is 2.22. The minimum atomic E-state index is 0.884. The van der Waals surface area contributed by atoms with Crippen molar-refractivity contribution in [1.82, 2.24) is 14.8 Å². The highest BCUT2D eigenvalue weighted by atomic mass is 32.1. The molecule has 0 atom stereocenters. The first-order chi connectivity index (χ1) is 7.90. The predicted molar refractivity (Wildman–Crippen MR) is 66.1 cm³/mol. The summed E-state index contributed by atoms with van der Waals surface area (Å²) >= 11 is 1.71. The molecule has 3 rings (SSSR count). The van der Waals surface area contributed by atoms with Crippen LogP contribution in [-0.4, -0.2) is 14.8 Å². The van der Waals surface area contributed by atoms with Crippen LogP contribution in [0, 0.1) is 0 Å². The molecule has 80 valence electrons. The molecular formula is C12H11N3S. The lowest BCUT2D eigenvalue weighted by atomic mass is 10.2. The van der Waals surface area contributed by atoms with E-state index in [0.29, 0.717) is 0 Å².